The predicted molar refractivity (Wildman–Crippen MR) is 122 cm³/mol. The summed E-state index contributed by atoms with van der Waals surface area (Å²) in [5.41, 5.74) is 6.03. The molecule has 0 aromatic carbocycles. The van der Waals surface area contributed by atoms with E-state index in [1.807, 2.05) is 13.8 Å². The first-order chi connectivity index (χ1) is 16.7. The molecule has 5 amide bonds. The largest absolute Gasteiger partial charge is 0.428 e. The van der Waals surface area contributed by atoms with Gasteiger partial charge in [-0.15, -0.1) is 0 Å². The molecule has 0 radical (unpaired) electrons. The summed E-state index contributed by atoms with van der Waals surface area (Å²) in [5, 5.41) is 5.32. The van der Waals surface area contributed by atoms with Gasteiger partial charge in [-0.3, -0.25) is 19.2 Å². The molecule has 2 fully saturated rings. The topological polar surface area (TPSA) is 169 Å². The fraction of sp³-hybridized carbons (Fsp3) is 0.636. The van der Waals surface area contributed by atoms with Crippen molar-refractivity contribution >= 4 is 29.7 Å². The van der Waals surface area contributed by atoms with Crippen LogP contribution in [-0.2, 0) is 37.1 Å². The summed E-state index contributed by atoms with van der Waals surface area (Å²) < 4.78 is 6.92. The van der Waals surface area contributed by atoms with Crippen molar-refractivity contribution in [3.63, 3.8) is 0 Å². The van der Waals surface area contributed by atoms with E-state index in [4.69, 9.17) is 10.5 Å². The van der Waals surface area contributed by atoms with Crippen LogP contribution < -0.4 is 16.4 Å². The molecule has 2 saturated heterocycles. The van der Waals surface area contributed by atoms with Crippen LogP contribution in [0.1, 0.15) is 45.2 Å². The van der Waals surface area contributed by atoms with Gasteiger partial charge in [0.25, 0.3) is 0 Å². The number of carbonyl (C=O) groups excluding carboxylic acids is 5. The van der Waals surface area contributed by atoms with Crippen LogP contribution >= 0.6 is 0 Å². The molecule has 13 heteroatoms. The fourth-order valence-electron chi connectivity index (χ4n) is 4.35. The zero-order valence-corrected chi connectivity index (χ0v) is 20.1. The monoisotopic (exact) mass is 491 g/mol. The molecule has 0 bridgehead atoms. The number of nitrogens with zero attached hydrogens (tertiary/aromatic N) is 4. The predicted octanol–water partition coefficient (Wildman–Crippen LogP) is -0.899. The molecule has 4 N–H and O–H groups in total. The normalized spacial score (nSPS) is 20.3. The van der Waals surface area contributed by atoms with Crippen molar-refractivity contribution in [3.05, 3.63) is 18.2 Å². The molecular weight excluding hydrogens is 458 g/mol. The molecule has 1 aromatic heterocycles. The number of hydrogen-bond donors (Lipinski definition) is 3. The van der Waals surface area contributed by atoms with E-state index < -0.39 is 41.9 Å². The van der Waals surface area contributed by atoms with Gasteiger partial charge in [-0.05, 0) is 33.1 Å². The highest BCUT2D eigenvalue weighted by molar-refractivity contribution is 5.95. The lowest BCUT2D eigenvalue weighted by molar-refractivity contribution is -0.140. The molecule has 13 nitrogen and oxygen atoms in total. The van der Waals surface area contributed by atoms with Crippen molar-refractivity contribution in [2.75, 3.05) is 19.6 Å². The van der Waals surface area contributed by atoms with Gasteiger partial charge in [0.1, 0.15) is 18.1 Å². The Bertz CT molecular complexity index is 960. The second kappa shape index (κ2) is 11.7. The molecule has 1 aromatic rings. The van der Waals surface area contributed by atoms with Crippen LogP contribution in [0.4, 0.5) is 4.79 Å². The Labute approximate surface area is 203 Å². The van der Waals surface area contributed by atoms with Crippen LogP contribution in [-0.4, -0.2) is 86.8 Å². The van der Waals surface area contributed by atoms with E-state index in [0.717, 1.165) is 0 Å². The molecule has 35 heavy (non-hydrogen) atoms. The van der Waals surface area contributed by atoms with Gasteiger partial charge in [0.05, 0.1) is 6.33 Å². The second-order valence-corrected chi connectivity index (χ2v) is 8.58. The van der Waals surface area contributed by atoms with Crippen LogP contribution in [0.5, 0.6) is 0 Å². The number of aromatic nitrogens is 2. The van der Waals surface area contributed by atoms with Gasteiger partial charge in [0, 0.05) is 44.4 Å². The Morgan fingerprint density at radius 1 is 1.29 bits per heavy atom. The van der Waals surface area contributed by atoms with Crippen molar-refractivity contribution < 1.29 is 28.7 Å². The van der Waals surface area contributed by atoms with Gasteiger partial charge in [0.15, 0.2) is 6.73 Å². The quantitative estimate of drug-likeness (QED) is 0.381. The van der Waals surface area contributed by atoms with Gasteiger partial charge in [0.2, 0.25) is 23.6 Å². The number of rotatable bonds is 10. The third-order valence-corrected chi connectivity index (χ3v) is 6.35. The van der Waals surface area contributed by atoms with E-state index in [1.165, 1.54) is 22.3 Å². The smallest absolute Gasteiger partial charge is 0.411 e. The zero-order chi connectivity index (χ0) is 25.5. The van der Waals surface area contributed by atoms with Crippen LogP contribution in [0.3, 0.4) is 0 Å². The van der Waals surface area contributed by atoms with Gasteiger partial charge in [-0.1, -0.05) is 0 Å². The van der Waals surface area contributed by atoms with Crippen molar-refractivity contribution in [1.82, 2.24) is 30.0 Å². The maximum atomic E-state index is 13.4. The van der Waals surface area contributed by atoms with E-state index in [-0.39, 0.29) is 25.5 Å². The first kappa shape index (κ1) is 26.0. The average molecular weight is 492 g/mol. The molecule has 3 heterocycles. The number of carbonyl (C=O) groups is 5. The van der Waals surface area contributed by atoms with Crippen molar-refractivity contribution in [1.29, 1.82) is 0 Å². The maximum absolute atomic E-state index is 13.4. The lowest BCUT2D eigenvalue weighted by Crippen LogP contribution is -2.56. The molecule has 0 saturated carbocycles. The summed E-state index contributed by atoms with van der Waals surface area (Å²) >= 11 is 0. The van der Waals surface area contributed by atoms with Gasteiger partial charge < -0.3 is 35.5 Å². The molecule has 0 aliphatic carbocycles. The number of primary amides is 1. The van der Waals surface area contributed by atoms with Crippen LogP contribution in [0.2, 0.25) is 0 Å². The maximum Gasteiger partial charge on any atom is 0.411 e. The number of amides is 5. The van der Waals surface area contributed by atoms with Crippen LogP contribution in [0.25, 0.3) is 0 Å². The minimum atomic E-state index is -1.03. The first-order valence-electron chi connectivity index (χ1n) is 11.8. The van der Waals surface area contributed by atoms with Crippen LogP contribution in [0.15, 0.2) is 12.5 Å². The van der Waals surface area contributed by atoms with E-state index in [9.17, 15) is 24.0 Å². The molecule has 2 aliphatic heterocycles. The minimum absolute atomic E-state index is 0.0377. The molecule has 3 atom stereocenters. The summed E-state index contributed by atoms with van der Waals surface area (Å²) in [7, 11) is 0. The lowest BCUT2D eigenvalue weighted by Gasteiger charge is -2.28. The Morgan fingerprint density at radius 3 is 2.66 bits per heavy atom. The van der Waals surface area contributed by atoms with E-state index in [0.29, 0.717) is 44.6 Å². The standard InChI is InChI=1S/C22H33N7O6/c1-3-27(4-2)22(34)35-13-28-12-24-11-14(28)10-16(26-20(32)15-7-8-18(30)25-15)21(33)29-9-5-6-17(29)19(23)31/h11-12,15-17H,3-10,13H2,1-2H3,(H2,23,31)(H,25,30)(H,26,32). The van der Waals surface area contributed by atoms with E-state index in [1.54, 1.807) is 4.57 Å². The van der Waals surface area contributed by atoms with E-state index in [2.05, 4.69) is 15.6 Å². The highest BCUT2D eigenvalue weighted by Crippen LogP contribution is 2.20. The first-order valence-corrected chi connectivity index (χ1v) is 11.8. The van der Waals surface area contributed by atoms with Crippen molar-refractivity contribution in [2.24, 2.45) is 5.73 Å². The Morgan fingerprint density at radius 2 is 2.03 bits per heavy atom. The number of nitrogens with two attached hydrogens (primary N) is 1. The molecule has 2 aliphatic rings. The summed E-state index contributed by atoms with van der Waals surface area (Å²) in [5.74, 6) is -1.76. The molecule has 0 spiro atoms. The second-order valence-electron chi connectivity index (χ2n) is 8.58. The van der Waals surface area contributed by atoms with Gasteiger partial charge in [-0.25, -0.2) is 9.78 Å². The molecular formula is C22H33N7O6. The SMILES string of the molecule is CCN(CC)C(=O)OCn1cncc1CC(NC(=O)C1CCC(=O)N1)C(=O)N1CCCC1C(N)=O. The number of likely N-dealkylation sites (tertiary alicyclic amines) is 1. The number of nitrogens with one attached hydrogen (secondary N) is 2. The Kier molecular flexibility index (Phi) is 8.66. The highest BCUT2D eigenvalue weighted by atomic mass is 16.6. The Balaban J connectivity index is 1.76. The van der Waals surface area contributed by atoms with Crippen molar-refractivity contribution in [3.8, 4) is 0 Å². The fourth-order valence-corrected chi connectivity index (χ4v) is 4.35. The summed E-state index contributed by atoms with van der Waals surface area (Å²) in [6.07, 6.45) is 4.19. The number of ether oxygens (including phenoxy) is 1. The summed E-state index contributed by atoms with van der Waals surface area (Å²) in [6.45, 7) is 4.92. The van der Waals surface area contributed by atoms with Crippen LogP contribution in [0, 0.1) is 0 Å². The summed E-state index contributed by atoms with van der Waals surface area (Å²) in [6, 6.07) is -2.51. The lowest BCUT2D eigenvalue weighted by atomic mass is 10.1. The molecule has 192 valence electrons. The molecule has 3 rings (SSSR count). The molecule has 3 unspecified atom stereocenters. The summed E-state index contributed by atoms with van der Waals surface area (Å²) in [4.78, 5) is 68.9. The average Bonchev–Trinajstić information content (AvgIpc) is 3.58. The Hall–Kier alpha value is -3.64. The number of imidazole rings is 1. The van der Waals surface area contributed by atoms with Crippen molar-refractivity contribution in [2.45, 2.75) is 70.8 Å². The van der Waals surface area contributed by atoms with Gasteiger partial charge in [-0.2, -0.15) is 0 Å². The third-order valence-electron chi connectivity index (χ3n) is 6.35. The van der Waals surface area contributed by atoms with E-state index >= 15 is 0 Å². The van der Waals surface area contributed by atoms with Gasteiger partial charge >= 0.3 is 6.09 Å². The zero-order valence-electron chi connectivity index (χ0n) is 20.1. The minimum Gasteiger partial charge on any atom is -0.428 e. The third kappa shape index (κ3) is 6.28. The number of hydrogen-bond acceptors (Lipinski definition) is 7. The highest BCUT2D eigenvalue weighted by Gasteiger charge is 2.38.